The van der Waals surface area contributed by atoms with Crippen molar-refractivity contribution >= 4 is 5.91 Å². The van der Waals surface area contributed by atoms with Crippen LogP contribution in [-0.2, 0) is 17.8 Å². The van der Waals surface area contributed by atoms with Crippen LogP contribution in [0.25, 0.3) is 11.4 Å². The molecule has 0 spiro atoms. The molecule has 2 aromatic carbocycles. The molecule has 3 aromatic rings. The van der Waals surface area contributed by atoms with Gasteiger partial charge in [-0.25, -0.2) is 0 Å². The van der Waals surface area contributed by atoms with Crippen LogP contribution in [0.2, 0.25) is 0 Å². The molecular weight excluding hydrogens is 412 g/mol. The first-order chi connectivity index (χ1) is 16.3. The zero-order chi connectivity index (χ0) is 22.7. The number of nitrogens with zero attached hydrogens (tertiary/aromatic N) is 6. The average Bonchev–Trinajstić information content (AvgIpc) is 3.34. The molecule has 1 fully saturated rings. The number of hydrogen-bond donors (Lipinski definition) is 0. The van der Waals surface area contributed by atoms with Crippen LogP contribution in [0.3, 0.4) is 0 Å². The van der Waals surface area contributed by atoms with Crippen molar-refractivity contribution in [2.45, 2.75) is 45.1 Å². The van der Waals surface area contributed by atoms with Crippen LogP contribution in [0.1, 0.15) is 37.7 Å². The van der Waals surface area contributed by atoms with Crippen molar-refractivity contribution in [1.82, 2.24) is 30.0 Å². The van der Waals surface area contributed by atoms with E-state index in [1.165, 1.54) is 5.56 Å². The Hall–Kier alpha value is -3.06. The summed E-state index contributed by atoms with van der Waals surface area (Å²) in [5.74, 6) is 0.990. The van der Waals surface area contributed by atoms with E-state index in [-0.39, 0.29) is 0 Å². The van der Waals surface area contributed by atoms with Crippen molar-refractivity contribution in [3.63, 3.8) is 0 Å². The quantitative estimate of drug-likeness (QED) is 0.421. The normalized spacial score (nSPS) is 14.5. The Labute approximate surface area is 196 Å². The zero-order valence-electron chi connectivity index (χ0n) is 19.4. The van der Waals surface area contributed by atoms with E-state index in [0.29, 0.717) is 18.2 Å². The summed E-state index contributed by atoms with van der Waals surface area (Å²) in [6.45, 7) is 5.57. The molecule has 0 saturated carbocycles. The molecule has 0 radical (unpaired) electrons. The molecule has 0 aliphatic carbocycles. The number of aryl methyl sites for hydroxylation is 2. The third-order valence-corrected chi connectivity index (χ3v) is 6.24. The summed E-state index contributed by atoms with van der Waals surface area (Å²) in [6.07, 6.45) is 5.90. The van der Waals surface area contributed by atoms with Gasteiger partial charge in [0.05, 0.1) is 6.54 Å². The Balaban J connectivity index is 1.06. The summed E-state index contributed by atoms with van der Waals surface area (Å²) in [5, 5.41) is 12.8. The van der Waals surface area contributed by atoms with Gasteiger partial charge in [0.2, 0.25) is 11.7 Å². The van der Waals surface area contributed by atoms with E-state index in [0.717, 1.165) is 76.9 Å². The largest absolute Gasteiger partial charge is 0.340 e. The molecule has 1 aromatic heterocycles. The molecule has 0 atom stereocenters. The van der Waals surface area contributed by atoms with Gasteiger partial charge in [0, 0.05) is 38.2 Å². The molecule has 1 amide bonds. The number of amides is 1. The van der Waals surface area contributed by atoms with Crippen molar-refractivity contribution in [2.75, 3.05) is 32.7 Å². The molecule has 1 aliphatic heterocycles. The predicted molar refractivity (Wildman–Crippen MR) is 130 cm³/mol. The van der Waals surface area contributed by atoms with Crippen LogP contribution in [0.5, 0.6) is 0 Å². The topological polar surface area (TPSA) is 67.2 Å². The summed E-state index contributed by atoms with van der Waals surface area (Å²) >= 11 is 0. The SMILES string of the molecule is O=C(CCCc1ccccc1)N1CCN(CCCCCn2nnc(-c3ccccc3)n2)CC1. The molecular formula is C26H34N6O. The number of rotatable bonds is 11. The second kappa shape index (κ2) is 12.3. The number of carbonyl (C=O) groups excluding carboxylic acids is 1. The first-order valence-electron chi connectivity index (χ1n) is 12.2. The highest BCUT2D eigenvalue weighted by molar-refractivity contribution is 5.76. The minimum atomic E-state index is 0.306. The molecule has 7 heteroatoms. The van der Waals surface area contributed by atoms with Gasteiger partial charge in [-0.15, -0.1) is 10.2 Å². The van der Waals surface area contributed by atoms with Gasteiger partial charge in [-0.1, -0.05) is 67.1 Å². The maximum Gasteiger partial charge on any atom is 0.222 e. The Bertz CT molecular complexity index is 967. The molecule has 1 saturated heterocycles. The summed E-state index contributed by atoms with van der Waals surface area (Å²) in [6, 6.07) is 20.4. The minimum Gasteiger partial charge on any atom is -0.340 e. The van der Waals surface area contributed by atoms with Crippen LogP contribution in [-0.4, -0.2) is 68.6 Å². The second-order valence-electron chi connectivity index (χ2n) is 8.70. The number of unbranched alkanes of at least 4 members (excludes halogenated alkanes) is 2. The maximum absolute atomic E-state index is 12.5. The van der Waals surface area contributed by atoms with Gasteiger partial charge in [0.25, 0.3) is 0 Å². The van der Waals surface area contributed by atoms with Gasteiger partial charge in [0.15, 0.2) is 0 Å². The molecule has 0 N–H and O–H groups in total. The summed E-state index contributed by atoms with van der Waals surface area (Å²) in [5.41, 5.74) is 2.31. The highest BCUT2D eigenvalue weighted by atomic mass is 16.2. The number of aromatic nitrogens is 4. The van der Waals surface area contributed by atoms with Crippen LogP contribution in [0.4, 0.5) is 0 Å². The van der Waals surface area contributed by atoms with Crippen molar-refractivity contribution in [1.29, 1.82) is 0 Å². The molecule has 1 aliphatic rings. The Morgan fingerprint density at radius 1 is 0.788 bits per heavy atom. The number of carbonyl (C=O) groups is 1. The summed E-state index contributed by atoms with van der Waals surface area (Å²) < 4.78 is 0. The molecule has 4 rings (SSSR count). The van der Waals surface area contributed by atoms with E-state index >= 15 is 0 Å². The fourth-order valence-corrected chi connectivity index (χ4v) is 4.27. The molecule has 0 unspecified atom stereocenters. The molecule has 174 valence electrons. The molecule has 0 bridgehead atoms. The van der Waals surface area contributed by atoms with Crippen molar-refractivity contribution in [3.8, 4) is 11.4 Å². The van der Waals surface area contributed by atoms with Crippen LogP contribution in [0, 0.1) is 0 Å². The van der Waals surface area contributed by atoms with Gasteiger partial charge >= 0.3 is 0 Å². The van der Waals surface area contributed by atoms with E-state index in [4.69, 9.17) is 0 Å². The lowest BCUT2D eigenvalue weighted by Gasteiger charge is -2.34. The highest BCUT2D eigenvalue weighted by Gasteiger charge is 2.20. The predicted octanol–water partition coefficient (Wildman–Crippen LogP) is 3.68. The number of benzene rings is 2. The summed E-state index contributed by atoms with van der Waals surface area (Å²) in [4.78, 5) is 18.7. The number of hydrogen-bond acceptors (Lipinski definition) is 5. The van der Waals surface area contributed by atoms with Crippen LogP contribution in [0.15, 0.2) is 60.7 Å². The molecule has 2 heterocycles. The van der Waals surface area contributed by atoms with Crippen molar-refractivity contribution < 1.29 is 4.79 Å². The molecule has 7 nitrogen and oxygen atoms in total. The minimum absolute atomic E-state index is 0.306. The third-order valence-electron chi connectivity index (χ3n) is 6.24. The molecule has 33 heavy (non-hydrogen) atoms. The van der Waals surface area contributed by atoms with Gasteiger partial charge in [0.1, 0.15) is 0 Å². The van der Waals surface area contributed by atoms with Crippen LogP contribution >= 0.6 is 0 Å². The Morgan fingerprint density at radius 2 is 1.48 bits per heavy atom. The standard InChI is InChI=1S/C26H34N6O/c33-25(16-10-13-23-11-4-1-5-12-23)31-21-19-30(20-22-31)17-8-3-9-18-32-28-26(27-29-32)24-14-6-2-7-15-24/h1-2,4-7,11-12,14-15H,3,8-10,13,16-22H2. The Kier molecular flexibility index (Phi) is 8.58. The van der Waals surface area contributed by atoms with Gasteiger partial charge in [-0.05, 0) is 43.0 Å². The first-order valence-corrected chi connectivity index (χ1v) is 12.2. The fraction of sp³-hybridized carbons (Fsp3) is 0.462. The van der Waals surface area contributed by atoms with E-state index < -0.39 is 0 Å². The van der Waals surface area contributed by atoms with Crippen LogP contribution < -0.4 is 0 Å². The lowest BCUT2D eigenvalue weighted by molar-refractivity contribution is -0.133. The van der Waals surface area contributed by atoms with E-state index in [2.05, 4.69) is 44.6 Å². The number of piperazine rings is 1. The van der Waals surface area contributed by atoms with E-state index in [1.807, 2.05) is 41.3 Å². The van der Waals surface area contributed by atoms with Gasteiger partial charge < -0.3 is 4.90 Å². The highest BCUT2D eigenvalue weighted by Crippen LogP contribution is 2.13. The summed E-state index contributed by atoms with van der Waals surface area (Å²) in [7, 11) is 0. The Morgan fingerprint density at radius 3 is 2.24 bits per heavy atom. The first kappa shape index (κ1) is 23.1. The van der Waals surface area contributed by atoms with E-state index in [9.17, 15) is 4.79 Å². The lowest BCUT2D eigenvalue weighted by atomic mass is 10.1. The van der Waals surface area contributed by atoms with E-state index in [1.54, 1.807) is 4.80 Å². The average molecular weight is 447 g/mol. The maximum atomic E-state index is 12.5. The monoisotopic (exact) mass is 446 g/mol. The number of tetrazole rings is 1. The van der Waals surface area contributed by atoms with Crippen molar-refractivity contribution in [3.05, 3.63) is 66.2 Å². The van der Waals surface area contributed by atoms with Gasteiger partial charge in [-0.2, -0.15) is 4.80 Å². The lowest BCUT2D eigenvalue weighted by Crippen LogP contribution is -2.48. The van der Waals surface area contributed by atoms with Crippen molar-refractivity contribution in [2.24, 2.45) is 0 Å². The fourth-order valence-electron chi connectivity index (χ4n) is 4.27. The second-order valence-corrected chi connectivity index (χ2v) is 8.70. The smallest absolute Gasteiger partial charge is 0.222 e. The zero-order valence-corrected chi connectivity index (χ0v) is 19.4. The third kappa shape index (κ3) is 7.22. The van der Waals surface area contributed by atoms with Gasteiger partial charge in [-0.3, -0.25) is 9.69 Å².